The van der Waals surface area contributed by atoms with E-state index in [2.05, 4.69) is 68.9 Å². The summed E-state index contributed by atoms with van der Waals surface area (Å²) in [6.45, 7) is 3.08. The number of carbonyl (C=O) groups is 1. The monoisotopic (exact) mass is 457 g/mol. The summed E-state index contributed by atoms with van der Waals surface area (Å²) in [5.41, 5.74) is 2.45. The largest absolute Gasteiger partial charge is 0.349 e. The molecule has 1 aliphatic carbocycles. The van der Waals surface area contributed by atoms with Crippen molar-refractivity contribution in [2.75, 3.05) is 19.6 Å². The van der Waals surface area contributed by atoms with Crippen LogP contribution >= 0.6 is 0 Å². The first-order chi connectivity index (χ1) is 16.7. The number of rotatable bonds is 9. The first-order valence-electron chi connectivity index (χ1n) is 12.8. The van der Waals surface area contributed by atoms with Gasteiger partial charge in [0, 0.05) is 24.8 Å². The Kier molecular flexibility index (Phi) is 7.34. The third-order valence-corrected chi connectivity index (χ3v) is 7.44. The van der Waals surface area contributed by atoms with Crippen LogP contribution in [-0.2, 0) is 11.2 Å². The molecule has 2 fully saturated rings. The summed E-state index contributed by atoms with van der Waals surface area (Å²) in [7, 11) is 0. The number of hydrogen-bond donors (Lipinski definition) is 2. The highest BCUT2D eigenvalue weighted by Crippen LogP contribution is 2.29. The highest BCUT2D eigenvalue weighted by atomic mass is 16.2. The lowest BCUT2D eigenvalue weighted by Gasteiger charge is -2.33. The lowest BCUT2D eigenvalue weighted by atomic mass is 9.84. The molecule has 0 radical (unpaired) electrons. The molecular formula is C28H35N5O. The molecule has 5 rings (SSSR count). The Morgan fingerprint density at radius 1 is 1.00 bits per heavy atom. The third kappa shape index (κ3) is 5.73. The Hall–Kier alpha value is -2.99. The summed E-state index contributed by atoms with van der Waals surface area (Å²) in [6.07, 6.45) is 7.14. The van der Waals surface area contributed by atoms with Crippen molar-refractivity contribution in [3.05, 3.63) is 83.4 Å². The summed E-state index contributed by atoms with van der Waals surface area (Å²) >= 11 is 0. The second-order valence-corrected chi connectivity index (χ2v) is 9.81. The smallest absolute Gasteiger partial charge is 0.223 e. The first-order valence-corrected chi connectivity index (χ1v) is 12.8. The summed E-state index contributed by atoms with van der Waals surface area (Å²) in [4.78, 5) is 20.0. The minimum Gasteiger partial charge on any atom is -0.349 e. The third-order valence-electron chi connectivity index (χ3n) is 7.44. The zero-order chi connectivity index (χ0) is 23.2. The number of nitrogens with one attached hydrogen (secondary N) is 2. The predicted molar refractivity (Wildman–Crippen MR) is 133 cm³/mol. The summed E-state index contributed by atoms with van der Waals surface area (Å²) in [5.74, 6) is 2.77. The molecule has 2 heterocycles. The van der Waals surface area contributed by atoms with Gasteiger partial charge in [0.1, 0.15) is 5.82 Å². The zero-order valence-corrected chi connectivity index (χ0v) is 19.8. The van der Waals surface area contributed by atoms with Gasteiger partial charge >= 0.3 is 0 Å². The van der Waals surface area contributed by atoms with Gasteiger partial charge in [-0.2, -0.15) is 5.10 Å². The summed E-state index contributed by atoms with van der Waals surface area (Å²) in [5, 5.41) is 11.0. The van der Waals surface area contributed by atoms with Gasteiger partial charge in [0.15, 0.2) is 5.82 Å². The van der Waals surface area contributed by atoms with Crippen LogP contribution in [0.25, 0.3) is 0 Å². The molecule has 1 saturated heterocycles. The molecule has 1 saturated carbocycles. The lowest BCUT2D eigenvalue weighted by molar-refractivity contribution is -0.128. The standard InChI is InChI=1S/C28H35N5O/c34-28(24-12-7-13-24)29-25(22-10-5-2-6-11-22)16-19-33-17-14-23(15-18-33)27-30-26(31-32-27)20-21-8-3-1-4-9-21/h1-6,8-11,23-25H,7,12-20H2,(H,29,34)(H,30,31,32)/t25-/m0/s1. The number of aromatic amines is 1. The van der Waals surface area contributed by atoms with E-state index in [1.807, 2.05) is 12.1 Å². The number of hydrogen-bond acceptors (Lipinski definition) is 4. The maximum atomic E-state index is 12.6. The average Bonchev–Trinajstić information content (AvgIpc) is 3.30. The van der Waals surface area contributed by atoms with E-state index >= 15 is 0 Å². The molecule has 2 N–H and O–H groups in total. The molecule has 178 valence electrons. The SMILES string of the molecule is O=C(N[C@@H](CCN1CCC(c2n[nH]c(Cc3ccccc3)n2)CC1)c1ccccc1)C1CCC1. The van der Waals surface area contributed by atoms with E-state index in [9.17, 15) is 4.79 Å². The molecule has 0 spiro atoms. The lowest BCUT2D eigenvalue weighted by Crippen LogP contribution is -2.39. The van der Waals surface area contributed by atoms with Crippen LogP contribution in [0.2, 0.25) is 0 Å². The Balaban J connectivity index is 1.12. The topological polar surface area (TPSA) is 73.9 Å². The van der Waals surface area contributed by atoms with Gasteiger partial charge in [0.05, 0.1) is 6.04 Å². The van der Waals surface area contributed by atoms with Crippen LogP contribution in [0.1, 0.15) is 73.3 Å². The highest BCUT2D eigenvalue weighted by Gasteiger charge is 2.28. The number of likely N-dealkylation sites (tertiary alicyclic amines) is 1. The van der Waals surface area contributed by atoms with Gasteiger partial charge in [0.25, 0.3) is 0 Å². The Labute approximate surface area is 202 Å². The molecule has 1 amide bonds. The molecule has 2 aliphatic rings. The maximum Gasteiger partial charge on any atom is 0.223 e. The number of amides is 1. The quantitative estimate of drug-likeness (QED) is 0.492. The molecule has 6 nitrogen and oxygen atoms in total. The van der Waals surface area contributed by atoms with E-state index < -0.39 is 0 Å². The number of nitrogens with zero attached hydrogens (tertiary/aromatic N) is 3. The van der Waals surface area contributed by atoms with Crippen molar-refractivity contribution >= 4 is 5.91 Å². The van der Waals surface area contributed by atoms with Crippen LogP contribution in [0.15, 0.2) is 60.7 Å². The summed E-state index contributed by atoms with van der Waals surface area (Å²) in [6, 6.07) is 20.9. The average molecular weight is 458 g/mol. The van der Waals surface area contributed by atoms with Gasteiger partial charge in [-0.05, 0) is 56.3 Å². The minimum absolute atomic E-state index is 0.0839. The van der Waals surface area contributed by atoms with Crippen molar-refractivity contribution in [1.82, 2.24) is 25.4 Å². The van der Waals surface area contributed by atoms with Crippen molar-refractivity contribution in [2.45, 2.75) is 56.9 Å². The van der Waals surface area contributed by atoms with E-state index in [1.165, 1.54) is 17.5 Å². The molecule has 1 aliphatic heterocycles. The van der Waals surface area contributed by atoms with Crippen molar-refractivity contribution in [3.63, 3.8) is 0 Å². The fourth-order valence-corrected chi connectivity index (χ4v) is 5.05. The number of aromatic nitrogens is 3. The van der Waals surface area contributed by atoms with Gasteiger partial charge in [-0.1, -0.05) is 67.1 Å². The Morgan fingerprint density at radius 2 is 1.71 bits per heavy atom. The van der Waals surface area contributed by atoms with Crippen LogP contribution < -0.4 is 5.32 Å². The van der Waals surface area contributed by atoms with Crippen molar-refractivity contribution < 1.29 is 4.79 Å². The van der Waals surface area contributed by atoms with Crippen LogP contribution in [0.5, 0.6) is 0 Å². The molecular weight excluding hydrogens is 422 g/mol. The van der Waals surface area contributed by atoms with Gasteiger partial charge in [-0.15, -0.1) is 0 Å². The van der Waals surface area contributed by atoms with Gasteiger partial charge < -0.3 is 10.2 Å². The van der Waals surface area contributed by atoms with E-state index in [0.29, 0.717) is 5.92 Å². The molecule has 1 atom stereocenters. The number of benzene rings is 2. The van der Waals surface area contributed by atoms with Gasteiger partial charge in [0.2, 0.25) is 5.91 Å². The van der Waals surface area contributed by atoms with Gasteiger partial charge in [-0.25, -0.2) is 4.98 Å². The van der Waals surface area contributed by atoms with Crippen LogP contribution in [0.4, 0.5) is 0 Å². The Bertz CT molecular complexity index is 1040. The molecule has 3 aromatic rings. The van der Waals surface area contributed by atoms with E-state index in [-0.39, 0.29) is 17.9 Å². The molecule has 0 bridgehead atoms. The first kappa shape index (κ1) is 22.8. The molecule has 2 aromatic carbocycles. The van der Waals surface area contributed by atoms with Crippen LogP contribution in [0, 0.1) is 5.92 Å². The normalized spacial score (nSPS) is 18.4. The van der Waals surface area contributed by atoms with E-state index in [4.69, 9.17) is 4.98 Å². The van der Waals surface area contributed by atoms with Gasteiger partial charge in [-0.3, -0.25) is 9.89 Å². The maximum absolute atomic E-state index is 12.6. The van der Waals surface area contributed by atoms with Crippen LogP contribution in [0.3, 0.4) is 0 Å². The van der Waals surface area contributed by atoms with E-state index in [0.717, 1.165) is 69.8 Å². The predicted octanol–water partition coefficient (Wildman–Crippen LogP) is 4.62. The number of piperidine rings is 1. The Morgan fingerprint density at radius 3 is 2.38 bits per heavy atom. The molecule has 34 heavy (non-hydrogen) atoms. The van der Waals surface area contributed by atoms with Crippen LogP contribution in [-0.4, -0.2) is 45.6 Å². The fraction of sp³-hybridized carbons (Fsp3) is 0.464. The van der Waals surface area contributed by atoms with Crippen molar-refractivity contribution in [2.24, 2.45) is 5.92 Å². The molecule has 0 unspecified atom stereocenters. The van der Waals surface area contributed by atoms with E-state index in [1.54, 1.807) is 0 Å². The number of carbonyl (C=O) groups excluding carboxylic acids is 1. The molecule has 6 heteroatoms. The summed E-state index contributed by atoms with van der Waals surface area (Å²) < 4.78 is 0. The second kappa shape index (κ2) is 11.0. The van der Waals surface area contributed by atoms with Crippen molar-refractivity contribution in [3.8, 4) is 0 Å². The fourth-order valence-electron chi connectivity index (χ4n) is 5.05. The highest BCUT2D eigenvalue weighted by molar-refractivity contribution is 5.79. The zero-order valence-electron chi connectivity index (χ0n) is 19.8. The minimum atomic E-state index is 0.0839. The van der Waals surface area contributed by atoms with Crippen molar-refractivity contribution in [1.29, 1.82) is 0 Å². The second-order valence-electron chi connectivity index (χ2n) is 9.81. The molecule has 1 aromatic heterocycles. The number of H-pyrrole nitrogens is 1.